The molecule has 0 spiro atoms. The van der Waals surface area contributed by atoms with Crippen LogP contribution in [0.25, 0.3) is 0 Å². The highest BCUT2D eigenvalue weighted by molar-refractivity contribution is 5.27. The third-order valence-electron chi connectivity index (χ3n) is 2.90. The number of hydrogen-bond acceptors (Lipinski definition) is 2. The fraction of sp³-hybridized carbons (Fsp3) is 0.600. The number of nitrogens with zero attached hydrogens (tertiary/aromatic N) is 1. The van der Waals surface area contributed by atoms with Crippen molar-refractivity contribution in [3.8, 4) is 0 Å². The molecule has 13 heavy (non-hydrogen) atoms. The molecule has 3 heteroatoms. The van der Waals surface area contributed by atoms with Crippen molar-refractivity contribution in [3.63, 3.8) is 0 Å². The van der Waals surface area contributed by atoms with Gasteiger partial charge < -0.3 is 0 Å². The Morgan fingerprint density at radius 3 is 2.85 bits per heavy atom. The molecule has 0 amide bonds. The van der Waals surface area contributed by atoms with E-state index in [0.29, 0.717) is 11.8 Å². The largest absolute Gasteiger partial charge is 0.268 e. The normalized spacial score (nSPS) is 26.9. The van der Waals surface area contributed by atoms with Crippen LogP contribution in [0.3, 0.4) is 0 Å². The van der Waals surface area contributed by atoms with Gasteiger partial charge in [0.15, 0.2) is 0 Å². The van der Waals surface area contributed by atoms with Crippen LogP contribution in [0.5, 0.6) is 0 Å². The lowest BCUT2D eigenvalue weighted by Gasteiger charge is -2.25. The van der Waals surface area contributed by atoms with Crippen LogP contribution in [0, 0.1) is 0 Å². The number of hydrogen-bond donors (Lipinski definition) is 1. The number of nitrogens with one attached hydrogen (secondary N) is 1. The molecule has 70 valence electrons. The molecule has 0 saturated carbocycles. The molecule has 1 aliphatic rings. The Morgan fingerprint density at radius 2 is 2.08 bits per heavy atom. The molecule has 0 radical (unpaired) electrons. The second kappa shape index (κ2) is 2.98. The minimum atomic E-state index is -0.0836. The van der Waals surface area contributed by atoms with Gasteiger partial charge in [-0.2, -0.15) is 5.10 Å². The summed E-state index contributed by atoms with van der Waals surface area (Å²) < 4.78 is 0. The second-order valence-electron chi connectivity index (χ2n) is 3.95. The SMILES string of the molecule is CC1CC[C@H](C)c2cc(=O)[nH]nc21. The van der Waals surface area contributed by atoms with Gasteiger partial charge in [-0.15, -0.1) is 0 Å². The molecule has 0 aromatic carbocycles. The van der Waals surface area contributed by atoms with Crippen LogP contribution in [0.15, 0.2) is 10.9 Å². The molecular weight excluding hydrogens is 164 g/mol. The smallest absolute Gasteiger partial charge is 0.264 e. The van der Waals surface area contributed by atoms with Crippen LogP contribution >= 0.6 is 0 Å². The summed E-state index contributed by atoms with van der Waals surface area (Å²) >= 11 is 0. The fourth-order valence-corrected chi connectivity index (χ4v) is 2.01. The summed E-state index contributed by atoms with van der Waals surface area (Å²) in [6.07, 6.45) is 2.34. The Labute approximate surface area is 77.2 Å². The zero-order valence-corrected chi connectivity index (χ0v) is 8.00. The molecule has 1 aromatic heterocycles. The van der Waals surface area contributed by atoms with Gasteiger partial charge in [-0.3, -0.25) is 4.79 Å². The third-order valence-corrected chi connectivity index (χ3v) is 2.90. The summed E-state index contributed by atoms with van der Waals surface area (Å²) in [4.78, 5) is 11.1. The average Bonchev–Trinajstić information content (AvgIpc) is 2.12. The topological polar surface area (TPSA) is 45.8 Å². The van der Waals surface area contributed by atoms with Crippen molar-refractivity contribution in [3.05, 3.63) is 27.7 Å². The quantitative estimate of drug-likeness (QED) is 0.658. The zero-order valence-electron chi connectivity index (χ0n) is 8.00. The van der Waals surface area contributed by atoms with E-state index in [0.717, 1.165) is 11.3 Å². The van der Waals surface area contributed by atoms with Gasteiger partial charge >= 0.3 is 0 Å². The Balaban J connectivity index is 2.56. The minimum absolute atomic E-state index is 0.0836. The predicted molar refractivity (Wildman–Crippen MR) is 50.9 cm³/mol. The van der Waals surface area contributed by atoms with E-state index < -0.39 is 0 Å². The zero-order chi connectivity index (χ0) is 9.42. The van der Waals surface area contributed by atoms with Crippen LogP contribution in [-0.4, -0.2) is 10.2 Å². The van der Waals surface area contributed by atoms with Crippen molar-refractivity contribution < 1.29 is 0 Å². The van der Waals surface area contributed by atoms with Gasteiger partial charge in [-0.05, 0) is 24.3 Å². The first-order chi connectivity index (χ1) is 6.18. The van der Waals surface area contributed by atoms with Gasteiger partial charge in [-0.1, -0.05) is 13.8 Å². The molecule has 2 rings (SSSR count). The van der Waals surface area contributed by atoms with E-state index >= 15 is 0 Å². The lowest BCUT2D eigenvalue weighted by molar-refractivity contribution is 0.506. The molecule has 1 aromatic rings. The number of aromatic amines is 1. The van der Waals surface area contributed by atoms with E-state index in [-0.39, 0.29) is 5.56 Å². The number of fused-ring (bicyclic) bond motifs is 1. The molecule has 0 aliphatic heterocycles. The Kier molecular flexibility index (Phi) is 1.94. The molecule has 1 N–H and O–H groups in total. The van der Waals surface area contributed by atoms with Crippen molar-refractivity contribution in [2.45, 2.75) is 38.5 Å². The highest BCUT2D eigenvalue weighted by Gasteiger charge is 2.23. The summed E-state index contributed by atoms with van der Waals surface area (Å²) in [6, 6.07) is 1.70. The van der Waals surface area contributed by atoms with Crippen molar-refractivity contribution >= 4 is 0 Å². The third kappa shape index (κ3) is 1.39. The predicted octanol–water partition coefficient (Wildman–Crippen LogP) is 1.77. The molecule has 2 atom stereocenters. The molecule has 1 heterocycles. The van der Waals surface area contributed by atoms with E-state index in [9.17, 15) is 4.79 Å². The van der Waals surface area contributed by atoms with Crippen molar-refractivity contribution in [2.24, 2.45) is 0 Å². The molecule has 0 bridgehead atoms. The molecule has 0 fully saturated rings. The number of rotatable bonds is 0. The van der Waals surface area contributed by atoms with Crippen LogP contribution in [0.1, 0.15) is 49.8 Å². The summed E-state index contributed by atoms with van der Waals surface area (Å²) in [5, 5.41) is 6.62. The minimum Gasteiger partial charge on any atom is -0.268 e. The first-order valence-electron chi connectivity index (χ1n) is 4.78. The summed E-state index contributed by atoms with van der Waals surface area (Å²) in [5.41, 5.74) is 2.14. The summed E-state index contributed by atoms with van der Waals surface area (Å²) in [7, 11) is 0. The van der Waals surface area contributed by atoms with Crippen molar-refractivity contribution in [2.75, 3.05) is 0 Å². The van der Waals surface area contributed by atoms with E-state index in [4.69, 9.17) is 0 Å². The summed E-state index contributed by atoms with van der Waals surface area (Å²) in [6.45, 7) is 4.32. The monoisotopic (exact) mass is 178 g/mol. The molecule has 1 unspecified atom stereocenters. The lowest BCUT2D eigenvalue weighted by Crippen LogP contribution is -2.19. The van der Waals surface area contributed by atoms with E-state index in [1.165, 1.54) is 12.8 Å². The Bertz CT molecular complexity index is 369. The second-order valence-corrected chi connectivity index (χ2v) is 3.95. The van der Waals surface area contributed by atoms with Gasteiger partial charge in [0.1, 0.15) is 0 Å². The van der Waals surface area contributed by atoms with Gasteiger partial charge in [0.2, 0.25) is 0 Å². The average molecular weight is 178 g/mol. The molecule has 3 nitrogen and oxygen atoms in total. The van der Waals surface area contributed by atoms with Crippen LogP contribution in [-0.2, 0) is 0 Å². The van der Waals surface area contributed by atoms with Gasteiger partial charge in [0.05, 0.1) is 5.69 Å². The van der Waals surface area contributed by atoms with Crippen LogP contribution in [0.2, 0.25) is 0 Å². The van der Waals surface area contributed by atoms with E-state index in [1.807, 2.05) is 0 Å². The maximum Gasteiger partial charge on any atom is 0.264 e. The molecular formula is C10H14N2O. The Morgan fingerprint density at radius 1 is 1.38 bits per heavy atom. The molecule has 1 aliphatic carbocycles. The van der Waals surface area contributed by atoms with Crippen LogP contribution < -0.4 is 5.56 Å². The van der Waals surface area contributed by atoms with Gasteiger partial charge in [0.25, 0.3) is 5.56 Å². The van der Waals surface area contributed by atoms with Crippen molar-refractivity contribution in [1.82, 2.24) is 10.2 Å². The number of aromatic nitrogens is 2. The Hall–Kier alpha value is -1.12. The fourth-order valence-electron chi connectivity index (χ4n) is 2.01. The first-order valence-corrected chi connectivity index (χ1v) is 4.78. The lowest BCUT2D eigenvalue weighted by atomic mass is 9.82. The summed E-state index contributed by atoms with van der Waals surface area (Å²) in [5.74, 6) is 0.976. The molecule has 0 saturated heterocycles. The standard InChI is InChI=1S/C10H14N2O/c1-6-3-4-7(2)10-8(6)5-9(13)11-12-10/h5-7H,3-4H2,1-2H3,(H,11,13)/t6-,7?/m0/s1. The first kappa shape index (κ1) is 8.48. The van der Waals surface area contributed by atoms with Gasteiger partial charge in [-0.25, -0.2) is 5.10 Å². The van der Waals surface area contributed by atoms with E-state index in [2.05, 4.69) is 24.0 Å². The highest BCUT2D eigenvalue weighted by Crippen LogP contribution is 2.35. The van der Waals surface area contributed by atoms with E-state index in [1.54, 1.807) is 6.07 Å². The maximum absolute atomic E-state index is 11.1. The van der Waals surface area contributed by atoms with Crippen LogP contribution in [0.4, 0.5) is 0 Å². The van der Waals surface area contributed by atoms with Crippen molar-refractivity contribution in [1.29, 1.82) is 0 Å². The maximum atomic E-state index is 11.1. The highest BCUT2D eigenvalue weighted by atomic mass is 16.1. The number of H-pyrrole nitrogens is 1. The van der Waals surface area contributed by atoms with Gasteiger partial charge in [0, 0.05) is 12.0 Å².